The normalized spacial score (nSPS) is 31.1. The van der Waals surface area contributed by atoms with E-state index in [1.54, 1.807) is 5.57 Å². The Morgan fingerprint density at radius 3 is 2.81 bits per heavy atom. The van der Waals surface area contributed by atoms with Crippen molar-refractivity contribution < 1.29 is 0 Å². The Labute approximate surface area is 158 Å². The number of allylic oxidation sites excluding steroid dienone is 1. The van der Waals surface area contributed by atoms with E-state index in [0.29, 0.717) is 11.3 Å². The lowest BCUT2D eigenvalue weighted by atomic mass is 9.49. The van der Waals surface area contributed by atoms with Crippen LogP contribution in [-0.2, 0) is 13.0 Å². The molecule has 2 fully saturated rings. The second-order valence-electron chi connectivity index (χ2n) is 9.82. The lowest BCUT2D eigenvalue weighted by Crippen LogP contribution is -2.50. The lowest BCUT2D eigenvalue weighted by molar-refractivity contribution is -0.0110. The predicted molar refractivity (Wildman–Crippen MR) is 105 cm³/mol. The van der Waals surface area contributed by atoms with Crippen molar-refractivity contribution in [3.63, 3.8) is 0 Å². The molecule has 0 radical (unpaired) electrons. The van der Waals surface area contributed by atoms with Crippen LogP contribution in [-0.4, -0.2) is 28.0 Å². The Bertz CT molecular complexity index is 714. The zero-order valence-electron chi connectivity index (χ0n) is 16.5. The van der Waals surface area contributed by atoms with Gasteiger partial charge in [-0.25, -0.2) is 9.97 Å². The van der Waals surface area contributed by atoms with Gasteiger partial charge in [-0.1, -0.05) is 44.8 Å². The molecule has 6 rings (SSSR count). The van der Waals surface area contributed by atoms with Crippen LogP contribution in [0.3, 0.4) is 0 Å². The van der Waals surface area contributed by atoms with Crippen LogP contribution in [0.25, 0.3) is 0 Å². The molecule has 2 unspecified atom stereocenters. The standard InChI is InChI=1S/C23H33N3/c1-23(2)19-9-8-17(20(23)12-19)14-26-11-10-21-18(15-26)13-24-22(25-21)16-6-4-3-5-7-16/h8,13,16,19-20H,3-7,9-12,14-15H2,1-2H3. The van der Waals surface area contributed by atoms with Gasteiger partial charge < -0.3 is 0 Å². The first kappa shape index (κ1) is 16.9. The van der Waals surface area contributed by atoms with E-state index in [9.17, 15) is 0 Å². The summed E-state index contributed by atoms with van der Waals surface area (Å²) in [6.45, 7) is 8.30. The quantitative estimate of drug-likeness (QED) is 0.727. The van der Waals surface area contributed by atoms with Crippen molar-refractivity contribution in [1.29, 1.82) is 0 Å². The monoisotopic (exact) mass is 351 g/mol. The van der Waals surface area contributed by atoms with Crippen molar-refractivity contribution in [1.82, 2.24) is 14.9 Å². The van der Waals surface area contributed by atoms with Crippen molar-refractivity contribution in [2.75, 3.05) is 13.1 Å². The van der Waals surface area contributed by atoms with Crippen LogP contribution >= 0.6 is 0 Å². The van der Waals surface area contributed by atoms with Crippen LogP contribution < -0.4 is 0 Å². The maximum absolute atomic E-state index is 5.01. The van der Waals surface area contributed by atoms with E-state index in [4.69, 9.17) is 9.97 Å². The van der Waals surface area contributed by atoms with Gasteiger partial charge in [0.2, 0.25) is 0 Å². The van der Waals surface area contributed by atoms with Gasteiger partial charge in [-0.3, -0.25) is 4.90 Å². The van der Waals surface area contributed by atoms with E-state index in [0.717, 1.165) is 43.7 Å². The molecule has 140 valence electrons. The molecule has 3 nitrogen and oxygen atoms in total. The molecule has 0 aromatic carbocycles. The minimum atomic E-state index is 0.537. The molecule has 2 heterocycles. The molecule has 2 atom stereocenters. The summed E-state index contributed by atoms with van der Waals surface area (Å²) in [5.74, 6) is 3.51. The first-order valence-electron chi connectivity index (χ1n) is 10.9. The Kier molecular flexibility index (Phi) is 4.19. The number of rotatable bonds is 3. The first-order chi connectivity index (χ1) is 12.6. The number of nitrogens with zero attached hydrogens (tertiary/aromatic N) is 3. The summed E-state index contributed by atoms with van der Waals surface area (Å²) in [5.41, 5.74) is 4.95. The van der Waals surface area contributed by atoms with Crippen molar-refractivity contribution in [3.05, 3.63) is 34.9 Å². The van der Waals surface area contributed by atoms with Crippen molar-refractivity contribution >= 4 is 0 Å². The summed E-state index contributed by atoms with van der Waals surface area (Å²) in [5, 5.41) is 0. The van der Waals surface area contributed by atoms with E-state index < -0.39 is 0 Å². The van der Waals surface area contributed by atoms with Gasteiger partial charge in [-0.15, -0.1) is 0 Å². The van der Waals surface area contributed by atoms with Crippen LogP contribution in [0, 0.1) is 17.3 Å². The van der Waals surface area contributed by atoms with Gasteiger partial charge in [0.15, 0.2) is 0 Å². The summed E-state index contributed by atoms with van der Waals surface area (Å²) >= 11 is 0. The Hall–Kier alpha value is -1.22. The van der Waals surface area contributed by atoms with Crippen molar-refractivity contribution in [3.8, 4) is 0 Å². The fraction of sp³-hybridized carbons (Fsp3) is 0.739. The second-order valence-corrected chi connectivity index (χ2v) is 9.82. The summed E-state index contributed by atoms with van der Waals surface area (Å²) in [6.07, 6.45) is 15.2. The predicted octanol–water partition coefficient (Wildman–Crippen LogP) is 4.87. The summed E-state index contributed by atoms with van der Waals surface area (Å²) in [4.78, 5) is 12.4. The van der Waals surface area contributed by atoms with E-state index in [2.05, 4.69) is 31.0 Å². The highest BCUT2D eigenvalue weighted by molar-refractivity contribution is 5.26. The average Bonchev–Trinajstić information content (AvgIpc) is 2.68. The summed E-state index contributed by atoms with van der Waals surface area (Å²) in [7, 11) is 0. The zero-order chi connectivity index (χ0) is 17.7. The van der Waals surface area contributed by atoms with Crippen LogP contribution in [0.2, 0.25) is 0 Å². The highest BCUT2D eigenvalue weighted by Crippen LogP contribution is 2.59. The van der Waals surface area contributed by atoms with E-state index in [1.165, 1.54) is 56.2 Å². The summed E-state index contributed by atoms with van der Waals surface area (Å²) in [6, 6.07) is 0. The average molecular weight is 352 g/mol. The molecule has 3 heteroatoms. The first-order valence-corrected chi connectivity index (χ1v) is 10.9. The fourth-order valence-corrected chi connectivity index (χ4v) is 6.00. The molecule has 0 N–H and O–H groups in total. The van der Waals surface area contributed by atoms with Crippen molar-refractivity contribution in [2.24, 2.45) is 17.3 Å². The van der Waals surface area contributed by atoms with Gasteiger partial charge in [0.25, 0.3) is 0 Å². The maximum Gasteiger partial charge on any atom is 0.131 e. The topological polar surface area (TPSA) is 29.0 Å². The van der Waals surface area contributed by atoms with Gasteiger partial charge in [0.05, 0.1) is 0 Å². The molecule has 4 aliphatic carbocycles. The Morgan fingerprint density at radius 2 is 2.04 bits per heavy atom. The molecule has 5 aliphatic rings. The molecule has 0 saturated heterocycles. The number of fused-ring (bicyclic) bond motifs is 2. The molecule has 0 amide bonds. The van der Waals surface area contributed by atoms with Gasteiger partial charge in [-0.05, 0) is 42.9 Å². The van der Waals surface area contributed by atoms with E-state index in [1.807, 2.05) is 0 Å². The molecular weight excluding hydrogens is 318 g/mol. The Morgan fingerprint density at radius 1 is 1.19 bits per heavy atom. The molecule has 1 aliphatic heterocycles. The third kappa shape index (κ3) is 2.83. The smallest absolute Gasteiger partial charge is 0.131 e. The molecule has 2 saturated carbocycles. The SMILES string of the molecule is CC1(C)C2CC=C(CN3CCc4nc(C5CCCCC5)ncc4C3)C1C2. The minimum Gasteiger partial charge on any atom is -0.295 e. The molecule has 1 aromatic heterocycles. The highest BCUT2D eigenvalue weighted by atomic mass is 15.1. The molecule has 26 heavy (non-hydrogen) atoms. The third-order valence-corrected chi connectivity index (χ3v) is 7.99. The molecular formula is C23H33N3. The highest BCUT2D eigenvalue weighted by Gasteiger charge is 2.51. The molecule has 2 bridgehead atoms. The van der Waals surface area contributed by atoms with Crippen molar-refractivity contribution in [2.45, 2.75) is 77.7 Å². The maximum atomic E-state index is 5.01. The van der Waals surface area contributed by atoms with Gasteiger partial charge in [0.1, 0.15) is 5.82 Å². The molecule has 1 aromatic rings. The van der Waals surface area contributed by atoms with Gasteiger partial charge >= 0.3 is 0 Å². The number of hydrogen-bond donors (Lipinski definition) is 0. The third-order valence-electron chi connectivity index (χ3n) is 7.99. The minimum absolute atomic E-state index is 0.537. The van der Waals surface area contributed by atoms with Gasteiger partial charge in [-0.2, -0.15) is 0 Å². The van der Waals surface area contributed by atoms with E-state index >= 15 is 0 Å². The second kappa shape index (κ2) is 6.44. The number of aromatic nitrogens is 2. The van der Waals surface area contributed by atoms with Gasteiger partial charge in [0, 0.05) is 49.4 Å². The molecule has 0 spiro atoms. The van der Waals surface area contributed by atoms with Crippen LogP contribution in [0.4, 0.5) is 0 Å². The van der Waals surface area contributed by atoms with Crippen LogP contribution in [0.15, 0.2) is 17.8 Å². The zero-order valence-corrected chi connectivity index (χ0v) is 16.5. The largest absolute Gasteiger partial charge is 0.295 e. The number of hydrogen-bond acceptors (Lipinski definition) is 3. The fourth-order valence-electron chi connectivity index (χ4n) is 6.00. The van der Waals surface area contributed by atoms with Crippen LogP contribution in [0.5, 0.6) is 0 Å². The Balaban J connectivity index is 1.26. The van der Waals surface area contributed by atoms with Crippen LogP contribution in [0.1, 0.15) is 81.8 Å². The summed E-state index contributed by atoms with van der Waals surface area (Å²) < 4.78 is 0. The lowest BCUT2D eigenvalue weighted by Gasteiger charge is -2.57. The van der Waals surface area contributed by atoms with E-state index in [-0.39, 0.29) is 0 Å².